The molecule has 6 heteroatoms. The average Bonchev–Trinajstić information content (AvgIpc) is 3.01. The van der Waals surface area contributed by atoms with E-state index in [0.717, 1.165) is 18.4 Å². The molecule has 6 nitrogen and oxygen atoms in total. The summed E-state index contributed by atoms with van der Waals surface area (Å²) in [7, 11) is 0. The smallest absolute Gasteiger partial charge is 0.261 e. The molecule has 1 aliphatic rings. The van der Waals surface area contributed by atoms with E-state index >= 15 is 0 Å². The van der Waals surface area contributed by atoms with E-state index in [2.05, 4.69) is 12.2 Å². The van der Waals surface area contributed by atoms with E-state index in [4.69, 9.17) is 4.74 Å². The minimum absolute atomic E-state index is 0.0293. The van der Waals surface area contributed by atoms with Crippen LogP contribution in [-0.2, 0) is 16.1 Å². The molecule has 1 N–H and O–H groups in total. The average molecular weight is 408 g/mol. The maximum atomic E-state index is 12.8. The summed E-state index contributed by atoms with van der Waals surface area (Å²) in [6.45, 7) is 4.75. The highest BCUT2D eigenvalue weighted by Crippen LogP contribution is 2.24. The number of amides is 3. The van der Waals surface area contributed by atoms with E-state index in [1.54, 1.807) is 31.2 Å². The highest BCUT2D eigenvalue weighted by molar-refractivity contribution is 6.21. The fourth-order valence-corrected chi connectivity index (χ4v) is 3.44. The summed E-state index contributed by atoms with van der Waals surface area (Å²) < 4.78 is 6.07. The van der Waals surface area contributed by atoms with Gasteiger partial charge in [-0.3, -0.25) is 19.3 Å². The molecule has 158 valence electrons. The Labute approximate surface area is 177 Å². The van der Waals surface area contributed by atoms with Crippen LogP contribution in [0.15, 0.2) is 54.6 Å². The lowest BCUT2D eigenvalue weighted by Gasteiger charge is -2.27. The Bertz CT molecular complexity index is 862. The van der Waals surface area contributed by atoms with E-state index in [9.17, 15) is 14.4 Å². The van der Waals surface area contributed by atoms with Crippen molar-refractivity contribution in [1.29, 1.82) is 0 Å². The lowest BCUT2D eigenvalue weighted by Crippen LogP contribution is -2.45. The minimum atomic E-state index is -0.617. The van der Waals surface area contributed by atoms with E-state index in [-0.39, 0.29) is 24.3 Å². The van der Waals surface area contributed by atoms with E-state index < -0.39 is 12.0 Å². The van der Waals surface area contributed by atoms with Crippen LogP contribution in [0.2, 0.25) is 0 Å². The third-order valence-electron chi connectivity index (χ3n) is 5.35. The standard InChI is InChI=1S/C24H28N2O4/c1-3-4-14-25-22(27)17(2)21(30-16-18-10-6-5-7-11-18)15-26-23(28)19-12-8-9-13-20(19)24(26)29/h5-13,17,21H,3-4,14-16H2,1-2H3,(H,25,27)/t17-,21-/m0/s1. The normalized spacial score (nSPS) is 15.1. The Morgan fingerprint density at radius 2 is 1.60 bits per heavy atom. The molecule has 1 heterocycles. The molecule has 2 aromatic rings. The van der Waals surface area contributed by atoms with Crippen LogP contribution in [0, 0.1) is 5.92 Å². The van der Waals surface area contributed by atoms with Crippen molar-refractivity contribution >= 4 is 17.7 Å². The number of benzene rings is 2. The van der Waals surface area contributed by atoms with Gasteiger partial charge in [0.2, 0.25) is 5.91 Å². The number of rotatable bonds is 10. The zero-order valence-corrected chi connectivity index (χ0v) is 17.5. The molecule has 0 aromatic heterocycles. The number of unbranched alkanes of at least 4 members (excludes halogenated alkanes) is 1. The summed E-state index contributed by atoms with van der Waals surface area (Å²) in [4.78, 5) is 39.4. The van der Waals surface area contributed by atoms with Gasteiger partial charge in [-0.2, -0.15) is 0 Å². The van der Waals surface area contributed by atoms with Gasteiger partial charge in [-0.05, 0) is 24.1 Å². The number of hydrogen-bond acceptors (Lipinski definition) is 4. The van der Waals surface area contributed by atoms with Crippen LogP contribution in [0.4, 0.5) is 0 Å². The molecular formula is C24H28N2O4. The van der Waals surface area contributed by atoms with Gasteiger partial charge in [0.25, 0.3) is 11.8 Å². The number of hydrogen-bond donors (Lipinski definition) is 1. The lowest BCUT2D eigenvalue weighted by molar-refractivity contribution is -0.130. The van der Waals surface area contributed by atoms with Crippen LogP contribution in [0.25, 0.3) is 0 Å². The molecule has 0 fully saturated rings. The third kappa shape index (κ3) is 4.94. The molecule has 1 aliphatic heterocycles. The van der Waals surface area contributed by atoms with Crippen LogP contribution in [-0.4, -0.2) is 41.8 Å². The molecular weight excluding hydrogens is 380 g/mol. The molecule has 0 radical (unpaired) electrons. The van der Waals surface area contributed by atoms with Gasteiger partial charge in [-0.15, -0.1) is 0 Å². The molecule has 0 aliphatic carbocycles. The van der Waals surface area contributed by atoms with Gasteiger partial charge in [0.05, 0.1) is 36.3 Å². The highest BCUT2D eigenvalue weighted by Gasteiger charge is 2.38. The van der Waals surface area contributed by atoms with Crippen molar-refractivity contribution in [1.82, 2.24) is 10.2 Å². The van der Waals surface area contributed by atoms with E-state index in [0.29, 0.717) is 24.3 Å². The Morgan fingerprint density at radius 3 is 2.20 bits per heavy atom. The van der Waals surface area contributed by atoms with Gasteiger partial charge < -0.3 is 10.1 Å². The molecule has 3 amide bonds. The van der Waals surface area contributed by atoms with Crippen molar-refractivity contribution in [2.75, 3.05) is 13.1 Å². The number of ether oxygens (including phenoxy) is 1. The molecule has 2 aromatic carbocycles. The van der Waals surface area contributed by atoms with Gasteiger partial charge in [-0.1, -0.05) is 62.7 Å². The lowest BCUT2D eigenvalue weighted by atomic mass is 10.0. The van der Waals surface area contributed by atoms with Crippen molar-refractivity contribution in [3.63, 3.8) is 0 Å². The maximum Gasteiger partial charge on any atom is 0.261 e. The van der Waals surface area contributed by atoms with Crippen LogP contribution < -0.4 is 5.32 Å². The molecule has 0 saturated heterocycles. The van der Waals surface area contributed by atoms with Crippen molar-refractivity contribution in [3.05, 3.63) is 71.3 Å². The van der Waals surface area contributed by atoms with Gasteiger partial charge in [0.1, 0.15) is 0 Å². The predicted octanol–water partition coefficient (Wildman–Crippen LogP) is 3.42. The Kier molecular flexibility index (Phi) is 7.36. The highest BCUT2D eigenvalue weighted by atomic mass is 16.5. The fourth-order valence-electron chi connectivity index (χ4n) is 3.44. The van der Waals surface area contributed by atoms with Gasteiger partial charge >= 0.3 is 0 Å². The van der Waals surface area contributed by atoms with Crippen molar-refractivity contribution in [3.8, 4) is 0 Å². The number of imide groups is 1. The molecule has 0 saturated carbocycles. The largest absolute Gasteiger partial charge is 0.371 e. The van der Waals surface area contributed by atoms with Gasteiger partial charge in [0, 0.05) is 6.54 Å². The fraction of sp³-hybridized carbons (Fsp3) is 0.375. The predicted molar refractivity (Wildman–Crippen MR) is 114 cm³/mol. The molecule has 0 spiro atoms. The second kappa shape index (κ2) is 10.2. The van der Waals surface area contributed by atoms with Gasteiger partial charge in [-0.25, -0.2) is 0 Å². The van der Waals surface area contributed by atoms with E-state index in [1.165, 1.54) is 4.90 Å². The molecule has 2 atom stereocenters. The molecule has 30 heavy (non-hydrogen) atoms. The molecule has 0 unspecified atom stereocenters. The third-order valence-corrected chi connectivity index (χ3v) is 5.35. The molecule has 0 bridgehead atoms. The quantitative estimate of drug-likeness (QED) is 0.483. The molecule has 3 rings (SSSR count). The van der Waals surface area contributed by atoms with Crippen LogP contribution >= 0.6 is 0 Å². The monoisotopic (exact) mass is 408 g/mol. The second-order valence-electron chi connectivity index (χ2n) is 7.53. The summed E-state index contributed by atoms with van der Waals surface area (Å²) in [5, 5.41) is 2.92. The van der Waals surface area contributed by atoms with Crippen molar-refractivity contribution < 1.29 is 19.1 Å². The van der Waals surface area contributed by atoms with E-state index in [1.807, 2.05) is 30.3 Å². The summed E-state index contributed by atoms with van der Waals surface area (Å²) >= 11 is 0. The first kappa shape index (κ1) is 21.7. The Balaban J connectivity index is 1.74. The van der Waals surface area contributed by atoms with Crippen LogP contribution in [0.5, 0.6) is 0 Å². The summed E-state index contributed by atoms with van der Waals surface area (Å²) in [5.41, 5.74) is 1.75. The van der Waals surface area contributed by atoms with Gasteiger partial charge in [0.15, 0.2) is 0 Å². The zero-order chi connectivity index (χ0) is 21.5. The minimum Gasteiger partial charge on any atom is -0.371 e. The maximum absolute atomic E-state index is 12.8. The number of nitrogens with one attached hydrogen (secondary N) is 1. The number of nitrogens with zero attached hydrogens (tertiary/aromatic N) is 1. The number of fused-ring (bicyclic) bond motifs is 1. The second-order valence-corrected chi connectivity index (χ2v) is 7.53. The first-order chi connectivity index (χ1) is 14.5. The van der Waals surface area contributed by atoms with Crippen LogP contribution in [0.1, 0.15) is 53.0 Å². The first-order valence-corrected chi connectivity index (χ1v) is 10.4. The summed E-state index contributed by atoms with van der Waals surface area (Å²) in [6, 6.07) is 16.4. The Hall–Kier alpha value is -2.99. The zero-order valence-electron chi connectivity index (χ0n) is 17.5. The topological polar surface area (TPSA) is 75.7 Å². The summed E-state index contributed by atoms with van der Waals surface area (Å²) in [5.74, 6) is -1.35. The SMILES string of the molecule is CCCCNC(=O)[C@@H](C)[C@H](CN1C(=O)c2ccccc2C1=O)OCc1ccccc1. The first-order valence-electron chi connectivity index (χ1n) is 10.4. The number of carbonyl (C=O) groups is 3. The summed E-state index contributed by atoms with van der Waals surface area (Å²) in [6.07, 6.45) is 1.26. The van der Waals surface area contributed by atoms with Crippen LogP contribution in [0.3, 0.4) is 0 Å². The van der Waals surface area contributed by atoms with Crippen molar-refractivity contribution in [2.24, 2.45) is 5.92 Å². The Morgan fingerprint density at radius 1 is 1.00 bits per heavy atom. The van der Waals surface area contributed by atoms with Crippen molar-refractivity contribution in [2.45, 2.75) is 39.4 Å². The number of carbonyl (C=O) groups excluding carboxylic acids is 3.